The van der Waals surface area contributed by atoms with E-state index in [4.69, 9.17) is 0 Å². The summed E-state index contributed by atoms with van der Waals surface area (Å²) < 4.78 is 0. The fraction of sp³-hybridized carbons (Fsp3) is 0.688. The van der Waals surface area contributed by atoms with E-state index in [1.54, 1.807) is 0 Å². The van der Waals surface area contributed by atoms with Gasteiger partial charge in [-0.2, -0.15) is 0 Å². The van der Waals surface area contributed by atoms with Gasteiger partial charge in [0.05, 0.1) is 0 Å². The summed E-state index contributed by atoms with van der Waals surface area (Å²) in [6, 6.07) is 4.33. The molecule has 3 heterocycles. The first-order valence-electron chi connectivity index (χ1n) is 7.71. The molecule has 0 saturated carbocycles. The third kappa shape index (κ3) is 3.27. The molecule has 2 aliphatic heterocycles. The van der Waals surface area contributed by atoms with Gasteiger partial charge in [-0.25, -0.2) is 4.98 Å². The molecule has 2 saturated heterocycles. The summed E-state index contributed by atoms with van der Waals surface area (Å²) in [7, 11) is 0. The van der Waals surface area contributed by atoms with Gasteiger partial charge >= 0.3 is 0 Å². The zero-order chi connectivity index (χ0) is 13.1. The predicted molar refractivity (Wildman–Crippen MR) is 79.6 cm³/mol. The maximum Gasteiger partial charge on any atom is 0.128 e. The molecule has 0 radical (unpaired) electrons. The average molecular weight is 259 g/mol. The average Bonchev–Trinajstić information content (AvgIpc) is 2.94. The van der Waals surface area contributed by atoms with Crippen molar-refractivity contribution in [3.05, 3.63) is 23.9 Å². The van der Waals surface area contributed by atoms with Crippen molar-refractivity contribution in [1.82, 2.24) is 9.88 Å². The summed E-state index contributed by atoms with van der Waals surface area (Å²) in [5, 5.41) is 0. The second kappa shape index (κ2) is 5.91. The van der Waals surface area contributed by atoms with Gasteiger partial charge in [0.1, 0.15) is 5.82 Å². The van der Waals surface area contributed by atoms with E-state index in [2.05, 4.69) is 33.8 Å². The number of piperidine rings is 1. The minimum Gasteiger partial charge on any atom is -0.357 e. The Morgan fingerprint density at radius 3 is 2.47 bits per heavy atom. The van der Waals surface area contributed by atoms with E-state index in [1.807, 2.05) is 6.20 Å². The monoisotopic (exact) mass is 259 g/mol. The molecule has 0 N–H and O–H groups in total. The Balaban J connectivity index is 1.50. The third-order valence-corrected chi connectivity index (χ3v) is 4.55. The molecule has 2 fully saturated rings. The highest BCUT2D eigenvalue weighted by Crippen LogP contribution is 2.23. The summed E-state index contributed by atoms with van der Waals surface area (Å²) in [5.41, 5.74) is 1.24. The number of hydrogen-bond donors (Lipinski definition) is 0. The van der Waals surface area contributed by atoms with E-state index in [1.165, 1.54) is 64.0 Å². The van der Waals surface area contributed by atoms with E-state index in [-0.39, 0.29) is 0 Å². The molecule has 3 rings (SSSR count). The topological polar surface area (TPSA) is 19.4 Å². The van der Waals surface area contributed by atoms with Crippen molar-refractivity contribution in [1.29, 1.82) is 0 Å². The van der Waals surface area contributed by atoms with Crippen molar-refractivity contribution in [2.24, 2.45) is 5.92 Å². The van der Waals surface area contributed by atoms with Gasteiger partial charge < -0.3 is 9.80 Å². The van der Waals surface area contributed by atoms with E-state index in [0.717, 1.165) is 11.7 Å². The van der Waals surface area contributed by atoms with Crippen LogP contribution in [0.2, 0.25) is 0 Å². The van der Waals surface area contributed by atoms with Gasteiger partial charge in [-0.3, -0.25) is 0 Å². The van der Waals surface area contributed by atoms with Crippen LogP contribution in [0.3, 0.4) is 0 Å². The van der Waals surface area contributed by atoms with Crippen LogP contribution < -0.4 is 4.90 Å². The smallest absolute Gasteiger partial charge is 0.128 e. The number of nitrogens with zero attached hydrogens (tertiary/aromatic N) is 3. The number of aryl methyl sites for hydroxylation is 1. The minimum atomic E-state index is 0.903. The fourth-order valence-corrected chi connectivity index (χ4v) is 3.32. The second-order valence-electron chi connectivity index (χ2n) is 6.13. The van der Waals surface area contributed by atoms with E-state index < -0.39 is 0 Å². The normalized spacial score (nSPS) is 22.1. The van der Waals surface area contributed by atoms with Crippen LogP contribution in [0.25, 0.3) is 0 Å². The van der Waals surface area contributed by atoms with Gasteiger partial charge in [-0.15, -0.1) is 0 Å². The highest BCUT2D eigenvalue weighted by molar-refractivity contribution is 5.39. The molecule has 3 nitrogen and oxygen atoms in total. The Hall–Kier alpha value is -1.09. The zero-order valence-electron chi connectivity index (χ0n) is 12.0. The lowest BCUT2D eigenvalue weighted by molar-refractivity contribution is 0.249. The summed E-state index contributed by atoms with van der Waals surface area (Å²) in [6.45, 7) is 8.44. The van der Waals surface area contributed by atoms with Crippen LogP contribution >= 0.6 is 0 Å². The highest BCUT2D eigenvalue weighted by Gasteiger charge is 2.23. The molecule has 0 atom stereocenters. The largest absolute Gasteiger partial charge is 0.357 e. The lowest BCUT2D eigenvalue weighted by atomic mass is 9.96. The van der Waals surface area contributed by atoms with Crippen LogP contribution in [0.5, 0.6) is 0 Å². The van der Waals surface area contributed by atoms with Gasteiger partial charge in [0.15, 0.2) is 0 Å². The Morgan fingerprint density at radius 2 is 1.84 bits per heavy atom. The van der Waals surface area contributed by atoms with Crippen molar-refractivity contribution in [2.45, 2.75) is 32.6 Å². The molecule has 1 aromatic heterocycles. The molecule has 0 aliphatic carbocycles. The first-order valence-corrected chi connectivity index (χ1v) is 7.71. The quantitative estimate of drug-likeness (QED) is 0.832. The Morgan fingerprint density at radius 1 is 1.11 bits per heavy atom. The second-order valence-corrected chi connectivity index (χ2v) is 6.13. The number of rotatable bonds is 3. The van der Waals surface area contributed by atoms with E-state index in [0.29, 0.717) is 0 Å². The zero-order valence-corrected chi connectivity index (χ0v) is 12.0. The van der Waals surface area contributed by atoms with Gasteiger partial charge in [0.25, 0.3) is 0 Å². The number of hydrogen-bond acceptors (Lipinski definition) is 3. The Labute approximate surface area is 116 Å². The van der Waals surface area contributed by atoms with Crippen LogP contribution in [0.15, 0.2) is 18.3 Å². The lowest BCUT2D eigenvalue weighted by Crippen LogP contribution is -2.38. The van der Waals surface area contributed by atoms with Crippen molar-refractivity contribution in [3.8, 4) is 0 Å². The van der Waals surface area contributed by atoms with Crippen LogP contribution in [0.4, 0.5) is 5.82 Å². The molecular weight excluding hydrogens is 234 g/mol. The van der Waals surface area contributed by atoms with Crippen LogP contribution in [-0.4, -0.2) is 42.6 Å². The summed E-state index contributed by atoms with van der Waals surface area (Å²) in [4.78, 5) is 9.65. The number of anilines is 1. The maximum absolute atomic E-state index is 4.55. The fourth-order valence-electron chi connectivity index (χ4n) is 3.32. The molecule has 0 aromatic carbocycles. The standard InChI is InChI=1S/C16H25N3/c1-14-4-5-16(17-12-14)19-10-6-15(7-11-19)13-18-8-2-3-9-18/h4-5,12,15H,2-3,6-11,13H2,1H3. The first kappa shape index (κ1) is 12.9. The molecule has 104 valence electrons. The molecule has 0 unspecified atom stereocenters. The lowest BCUT2D eigenvalue weighted by Gasteiger charge is -2.34. The van der Waals surface area contributed by atoms with Crippen molar-refractivity contribution in [2.75, 3.05) is 37.6 Å². The summed E-state index contributed by atoms with van der Waals surface area (Å²) in [5.74, 6) is 2.06. The van der Waals surface area contributed by atoms with E-state index in [9.17, 15) is 0 Å². The molecule has 0 bridgehead atoms. The predicted octanol–water partition coefficient (Wildman–Crippen LogP) is 2.70. The molecule has 3 heteroatoms. The van der Waals surface area contributed by atoms with Gasteiger partial charge in [-0.1, -0.05) is 6.07 Å². The van der Waals surface area contributed by atoms with Gasteiger partial charge in [-0.05, 0) is 63.2 Å². The first-order chi connectivity index (χ1) is 9.31. The highest BCUT2D eigenvalue weighted by atomic mass is 15.2. The van der Waals surface area contributed by atoms with Crippen LogP contribution in [0.1, 0.15) is 31.2 Å². The van der Waals surface area contributed by atoms with Gasteiger partial charge in [0, 0.05) is 25.8 Å². The van der Waals surface area contributed by atoms with E-state index >= 15 is 0 Å². The Kier molecular flexibility index (Phi) is 4.02. The SMILES string of the molecule is Cc1ccc(N2CCC(CN3CCCC3)CC2)nc1. The maximum atomic E-state index is 4.55. The molecular formula is C16H25N3. The van der Waals surface area contributed by atoms with Crippen molar-refractivity contribution >= 4 is 5.82 Å². The molecule has 2 aliphatic rings. The number of aromatic nitrogens is 1. The van der Waals surface area contributed by atoms with Crippen molar-refractivity contribution < 1.29 is 0 Å². The number of pyridine rings is 1. The third-order valence-electron chi connectivity index (χ3n) is 4.55. The molecule has 0 amide bonds. The number of likely N-dealkylation sites (tertiary alicyclic amines) is 1. The van der Waals surface area contributed by atoms with Crippen LogP contribution in [-0.2, 0) is 0 Å². The van der Waals surface area contributed by atoms with Crippen LogP contribution in [0, 0.1) is 12.8 Å². The molecule has 1 aromatic rings. The summed E-state index contributed by atoms with van der Waals surface area (Å²) >= 11 is 0. The molecule has 0 spiro atoms. The summed E-state index contributed by atoms with van der Waals surface area (Å²) in [6.07, 6.45) is 7.45. The molecule has 19 heavy (non-hydrogen) atoms. The minimum absolute atomic E-state index is 0.903. The Bertz CT molecular complexity index is 387. The van der Waals surface area contributed by atoms with Crippen molar-refractivity contribution in [3.63, 3.8) is 0 Å². The van der Waals surface area contributed by atoms with Gasteiger partial charge in [0.2, 0.25) is 0 Å².